The van der Waals surface area contributed by atoms with E-state index in [0.717, 1.165) is 18.4 Å². The zero-order valence-electron chi connectivity index (χ0n) is 17.1. The predicted molar refractivity (Wildman–Crippen MR) is 105 cm³/mol. The number of allylic oxidation sites excluding steroid dienone is 2. The summed E-state index contributed by atoms with van der Waals surface area (Å²) >= 11 is 0. The molecule has 3 rings (SSSR count). The number of rotatable bonds is 7. The molecule has 0 spiro atoms. The molecular weight excluding hydrogens is 396 g/mol. The van der Waals surface area contributed by atoms with Gasteiger partial charge >= 0.3 is 0 Å². The maximum atomic E-state index is 10.4. The van der Waals surface area contributed by atoms with E-state index >= 15 is 0 Å². The molecule has 1 aromatic rings. The fourth-order valence-corrected chi connectivity index (χ4v) is 3.89. The summed E-state index contributed by atoms with van der Waals surface area (Å²) < 4.78 is 22.2. The minimum atomic E-state index is -1.51. The van der Waals surface area contributed by atoms with Crippen molar-refractivity contribution in [3.63, 3.8) is 0 Å². The number of aliphatic hydroxyl groups excluding tert-OH is 3. The topological polar surface area (TPSA) is 138 Å². The molecule has 5 N–H and O–H groups in total. The van der Waals surface area contributed by atoms with Crippen LogP contribution < -0.4 is 4.74 Å². The summed E-state index contributed by atoms with van der Waals surface area (Å²) in [5, 5.41) is 50.8. The van der Waals surface area contributed by atoms with Crippen LogP contribution in [0.1, 0.15) is 30.9 Å². The minimum Gasteiger partial charge on any atom is -0.504 e. The first-order chi connectivity index (χ1) is 14.4. The second-order valence-electron chi connectivity index (χ2n) is 7.52. The normalized spacial score (nSPS) is 31.6. The van der Waals surface area contributed by atoms with Crippen molar-refractivity contribution < 1.29 is 44.5 Å². The van der Waals surface area contributed by atoms with E-state index in [2.05, 4.69) is 6.08 Å². The number of phenols is 2. The second kappa shape index (κ2) is 9.95. The molecule has 168 valence electrons. The molecule has 0 aliphatic carbocycles. The Bertz CT molecular complexity index is 748. The van der Waals surface area contributed by atoms with Crippen molar-refractivity contribution in [2.45, 2.75) is 69.6 Å². The molecule has 1 fully saturated rings. The number of hydrogen-bond donors (Lipinski definition) is 5. The highest BCUT2D eigenvalue weighted by Gasteiger charge is 2.46. The van der Waals surface area contributed by atoms with Gasteiger partial charge in [-0.1, -0.05) is 12.2 Å². The third-order valence-electron chi connectivity index (χ3n) is 5.56. The van der Waals surface area contributed by atoms with Crippen LogP contribution in [0.4, 0.5) is 0 Å². The Hall–Kier alpha value is -1.88. The van der Waals surface area contributed by atoms with Gasteiger partial charge in [0, 0.05) is 12.7 Å². The molecule has 2 heterocycles. The molecule has 0 saturated carbocycles. The molecule has 0 unspecified atom stereocenters. The Balaban J connectivity index is 1.83. The van der Waals surface area contributed by atoms with Crippen molar-refractivity contribution in [3.8, 4) is 17.2 Å². The number of aromatic hydroxyl groups is 2. The molecular formula is C21H30O9. The molecule has 1 saturated heterocycles. The zero-order valence-corrected chi connectivity index (χ0v) is 17.1. The van der Waals surface area contributed by atoms with Gasteiger partial charge in [-0.15, -0.1) is 0 Å². The van der Waals surface area contributed by atoms with Gasteiger partial charge in [0.25, 0.3) is 0 Å². The van der Waals surface area contributed by atoms with Crippen molar-refractivity contribution in [1.29, 1.82) is 0 Å². The van der Waals surface area contributed by atoms with Gasteiger partial charge in [0.15, 0.2) is 11.5 Å². The third kappa shape index (κ3) is 4.56. The molecule has 30 heavy (non-hydrogen) atoms. The van der Waals surface area contributed by atoms with Crippen LogP contribution >= 0.6 is 0 Å². The summed E-state index contributed by atoms with van der Waals surface area (Å²) in [5.41, 5.74) is 1.30. The Kier molecular flexibility index (Phi) is 7.56. The molecule has 0 amide bonds. The van der Waals surface area contributed by atoms with E-state index in [1.807, 2.05) is 13.0 Å². The number of ether oxygens (including phenoxy) is 4. The fourth-order valence-electron chi connectivity index (χ4n) is 3.89. The molecule has 2 aliphatic heterocycles. The molecule has 9 nitrogen and oxygen atoms in total. The summed E-state index contributed by atoms with van der Waals surface area (Å²) in [6, 6.07) is 1.48. The molecule has 9 heteroatoms. The largest absolute Gasteiger partial charge is 0.504 e. The van der Waals surface area contributed by atoms with Crippen molar-refractivity contribution in [2.24, 2.45) is 0 Å². The number of aliphatic hydroxyl groups is 3. The van der Waals surface area contributed by atoms with E-state index < -0.39 is 43.1 Å². The lowest BCUT2D eigenvalue weighted by atomic mass is 9.95. The van der Waals surface area contributed by atoms with Crippen LogP contribution in [0.25, 0.3) is 0 Å². The maximum absolute atomic E-state index is 10.4. The molecule has 6 atom stereocenters. The van der Waals surface area contributed by atoms with Gasteiger partial charge in [-0.05, 0) is 37.8 Å². The van der Waals surface area contributed by atoms with E-state index in [-0.39, 0.29) is 24.2 Å². The SMILES string of the molecule is C/C=C/CC[C@H]1Cc2cc(O)c(O)c(O[C@@H]3O[C@H](CO)[C@@H](OC)[C@H](O)[C@H]3O)c2CO1. The Morgan fingerprint density at radius 1 is 1.23 bits per heavy atom. The van der Waals surface area contributed by atoms with E-state index in [4.69, 9.17) is 18.9 Å². The van der Waals surface area contributed by atoms with E-state index in [1.54, 1.807) is 0 Å². The van der Waals surface area contributed by atoms with Gasteiger partial charge in [-0.3, -0.25) is 0 Å². The van der Waals surface area contributed by atoms with E-state index in [1.165, 1.54) is 13.2 Å². The van der Waals surface area contributed by atoms with Gasteiger partial charge in [-0.2, -0.15) is 0 Å². The van der Waals surface area contributed by atoms with Crippen molar-refractivity contribution in [2.75, 3.05) is 13.7 Å². The quantitative estimate of drug-likeness (QED) is 0.315. The van der Waals surface area contributed by atoms with E-state index in [0.29, 0.717) is 12.0 Å². The van der Waals surface area contributed by atoms with Gasteiger partial charge in [0.05, 0.1) is 19.3 Å². The van der Waals surface area contributed by atoms with Gasteiger partial charge < -0.3 is 44.5 Å². The Labute approximate surface area is 175 Å². The molecule has 0 radical (unpaired) electrons. The number of methoxy groups -OCH3 is 1. The molecule has 0 bridgehead atoms. The Morgan fingerprint density at radius 3 is 2.67 bits per heavy atom. The third-order valence-corrected chi connectivity index (χ3v) is 5.56. The summed E-state index contributed by atoms with van der Waals surface area (Å²) in [6.07, 6.45) is 0.0308. The van der Waals surface area contributed by atoms with Gasteiger partial charge in [0.1, 0.15) is 24.4 Å². The summed E-state index contributed by atoms with van der Waals surface area (Å²) in [7, 11) is 1.33. The molecule has 1 aromatic carbocycles. The van der Waals surface area contributed by atoms with Crippen molar-refractivity contribution in [1.82, 2.24) is 0 Å². The van der Waals surface area contributed by atoms with Gasteiger partial charge in [0.2, 0.25) is 12.0 Å². The molecule has 0 aromatic heterocycles. The van der Waals surface area contributed by atoms with Crippen LogP contribution in [0, 0.1) is 0 Å². The first-order valence-corrected chi connectivity index (χ1v) is 10.0. The number of phenolic OH excluding ortho intramolecular Hbond substituents is 2. The number of benzene rings is 1. The lowest BCUT2D eigenvalue weighted by Crippen LogP contribution is -2.60. The van der Waals surface area contributed by atoms with E-state index in [9.17, 15) is 25.5 Å². The van der Waals surface area contributed by atoms with Gasteiger partial charge in [-0.25, -0.2) is 0 Å². The number of fused-ring (bicyclic) bond motifs is 1. The van der Waals surface area contributed by atoms with Crippen LogP contribution in [0.3, 0.4) is 0 Å². The second-order valence-corrected chi connectivity index (χ2v) is 7.52. The fraction of sp³-hybridized carbons (Fsp3) is 0.619. The van der Waals surface area contributed by atoms with Crippen LogP contribution in [-0.2, 0) is 27.2 Å². The highest BCUT2D eigenvalue weighted by atomic mass is 16.7. The lowest BCUT2D eigenvalue weighted by Gasteiger charge is -2.41. The average Bonchev–Trinajstić information content (AvgIpc) is 2.74. The standard InChI is InChI=1S/C21H30O9/c1-3-4-5-6-12-7-11-8-14(23)16(24)19(13(11)10-28-12)30-21-18(26)17(25)20(27-2)15(9-22)29-21/h3-4,8,12,15,17-18,20-26H,5-7,9-10H2,1-2H3/b4-3+/t12-,15+,17+,18+,20+,21-/m0/s1. The van der Waals surface area contributed by atoms with Crippen LogP contribution in [-0.4, -0.2) is 76.1 Å². The van der Waals surface area contributed by atoms with Crippen molar-refractivity contribution in [3.05, 3.63) is 29.3 Å². The average molecular weight is 426 g/mol. The monoisotopic (exact) mass is 426 g/mol. The first-order valence-electron chi connectivity index (χ1n) is 10.0. The Morgan fingerprint density at radius 2 is 2.00 bits per heavy atom. The predicted octanol–water partition coefficient (Wildman–Crippen LogP) is 0.728. The minimum absolute atomic E-state index is 0.0370. The summed E-state index contributed by atoms with van der Waals surface area (Å²) in [6.45, 7) is 1.63. The zero-order chi connectivity index (χ0) is 21.8. The maximum Gasteiger partial charge on any atom is 0.229 e. The lowest BCUT2D eigenvalue weighted by molar-refractivity contribution is -0.282. The first kappa shape index (κ1) is 22.8. The molecule has 2 aliphatic rings. The van der Waals surface area contributed by atoms with Crippen LogP contribution in [0.2, 0.25) is 0 Å². The van der Waals surface area contributed by atoms with Crippen molar-refractivity contribution >= 4 is 0 Å². The summed E-state index contributed by atoms with van der Waals surface area (Å²) in [5.74, 6) is -0.956. The number of hydrogen-bond acceptors (Lipinski definition) is 9. The highest BCUT2D eigenvalue weighted by molar-refractivity contribution is 5.58. The smallest absolute Gasteiger partial charge is 0.229 e. The van der Waals surface area contributed by atoms with Crippen LogP contribution in [0.15, 0.2) is 18.2 Å². The summed E-state index contributed by atoms with van der Waals surface area (Å²) in [4.78, 5) is 0. The van der Waals surface area contributed by atoms with Crippen LogP contribution in [0.5, 0.6) is 17.2 Å². The highest BCUT2D eigenvalue weighted by Crippen LogP contribution is 2.44.